The number of methoxy groups -OCH3 is 1. The second-order valence-corrected chi connectivity index (χ2v) is 3.89. The highest BCUT2D eigenvalue weighted by Gasteiger charge is 2.21. The molecule has 0 N–H and O–H groups in total. The van der Waals surface area contributed by atoms with Crippen molar-refractivity contribution in [1.29, 1.82) is 0 Å². The SMILES string of the molecule is COc1ccc(OC(=O)c2ccc(C)o2)c([N+](=O)[O-])c1. The van der Waals surface area contributed by atoms with Gasteiger partial charge in [0.15, 0.2) is 0 Å². The number of esters is 1. The predicted octanol–water partition coefficient (Wildman–Crippen LogP) is 2.72. The highest BCUT2D eigenvalue weighted by atomic mass is 16.6. The van der Waals surface area contributed by atoms with Crippen LogP contribution in [0.5, 0.6) is 11.5 Å². The summed E-state index contributed by atoms with van der Waals surface area (Å²) >= 11 is 0. The van der Waals surface area contributed by atoms with Crippen molar-refractivity contribution in [3.63, 3.8) is 0 Å². The standard InChI is InChI=1S/C13H11NO6/c1-8-3-5-12(19-8)13(15)20-11-6-4-9(18-2)7-10(11)14(16)17/h3-7H,1-2H3. The van der Waals surface area contributed by atoms with Crippen LogP contribution in [0.25, 0.3) is 0 Å². The lowest BCUT2D eigenvalue weighted by Crippen LogP contribution is -2.08. The van der Waals surface area contributed by atoms with E-state index in [0.717, 1.165) is 0 Å². The van der Waals surface area contributed by atoms with Crippen molar-refractivity contribution in [3.8, 4) is 11.5 Å². The van der Waals surface area contributed by atoms with Gasteiger partial charge >= 0.3 is 11.7 Å². The van der Waals surface area contributed by atoms with Crippen LogP contribution >= 0.6 is 0 Å². The molecule has 2 rings (SSSR count). The predicted molar refractivity (Wildman–Crippen MR) is 68.1 cm³/mol. The molecule has 104 valence electrons. The molecular weight excluding hydrogens is 266 g/mol. The van der Waals surface area contributed by atoms with Gasteiger partial charge in [0.25, 0.3) is 0 Å². The van der Waals surface area contributed by atoms with Gasteiger partial charge in [-0.2, -0.15) is 0 Å². The molecule has 1 heterocycles. The summed E-state index contributed by atoms with van der Waals surface area (Å²) in [7, 11) is 1.39. The Hall–Kier alpha value is -2.83. The molecule has 0 aliphatic heterocycles. The molecule has 0 spiro atoms. The average molecular weight is 277 g/mol. The lowest BCUT2D eigenvalue weighted by Gasteiger charge is -2.05. The second kappa shape index (κ2) is 5.43. The fourth-order valence-electron chi connectivity index (χ4n) is 1.55. The number of rotatable bonds is 4. The molecule has 0 fully saturated rings. The van der Waals surface area contributed by atoms with Crippen LogP contribution in [0.15, 0.2) is 34.7 Å². The van der Waals surface area contributed by atoms with Crippen molar-refractivity contribution in [2.45, 2.75) is 6.92 Å². The summed E-state index contributed by atoms with van der Waals surface area (Å²) in [6, 6.07) is 6.97. The lowest BCUT2D eigenvalue weighted by molar-refractivity contribution is -0.385. The van der Waals surface area contributed by atoms with Crippen LogP contribution < -0.4 is 9.47 Å². The first kappa shape index (κ1) is 13.6. The van der Waals surface area contributed by atoms with Crippen LogP contribution in [0.3, 0.4) is 0 Å². The number of nitrogens with zero attached hydrogens (tertiary/aromatic N) is 1. The van der Waals surface area contributed by atoms with E-state index in [4.69, 9.17) is 13.9 Å². The number of nitro benzene ring substituents is 1. The summed E-state index contributed by atoms with van der Waals surface area (Å²) in [4.78, 5) is 22.1. The third-order valence-electron chi connectivity index (χ3n) is 2.51. The van der Waals surface area contributed by atoms with Crippen LogP contribution in [0.4, 0.5) is 5.69 Å². The molecule has 0 bridgehead atoms. The number of carbonyl (C=O) groups is 1. The second-order valence-electron chi connectivity index (χ2n) is 3.89. The van der Waals surface area contributed by atoms with Gasteiger partial charge in [-0.15, -0.1) is 0 Å². The molecule has 0 saturated heterocycles. The summed E-state index contributed by atoms with van der Waals surface area (Å²) in [5, 5.41) is 10.9. The van der Waals surface area contributed by atoms with Gasteiger partial charge in [-0.1, -0.05) is 0 Å². The normalized spacial score (nSPS) is 10.1. The Morgan fingerprint density at radius 1 is 1.30 bits per heavy atom. The first-order valence-electron chi connectivity index (χ1n) is 5.62. The Bertz CT molecular complexity index is 661. The minimum atomic E-state index is -0.800. The molecule has 0 unspecified atom stereocenters. The minimum absolute atomic E-state index is 0.0207. The summed E-state index contributed by atoms with van der Waals surface area (Å²) in [6.07, 6.45) is 0. The summed E-state index contributed by atoms with van der Waals surface area (Å²) in [5.74, 6) is -0.152. The van der Waals surface area contributed by atoms with Crippen LogP contribution in [0, 0.1) is 17.0 Å². The van der Waals surface area contributed by atoms with Gasteiger partial charge < -0.3 is 13.9 Å². The monoisotopic (exact) mass is 277 g/mol. The Balaban J connectivity index is 2.29. The van der Waals surface area contributed by atoms with E-state index in [1.165, 1.54) is 31.4 Å². The molecule has 7 nitrogen and oxygen atoms in total. The van der Waals surface area contributed by atoms with E-state index in [1.54, 1.807) is 13.0 Å². The average Bonchev–Trinajstić information content (AvgIpc) is 2.85. The molecule has 0 aliphatic carbocycles. The zero-order valence-electron chi connectivity index (χ0n) is 10.8. The van der Waals surface area contributed by atoms with E-state index in [-0.39, 0.29) is 17.2 Å². The van der Waals surface area contributed by atoms with E-state index >= 15 is 0 Å². The van der Waals surface area contributed by atoms with Gasteiger partial charge in [0, 0.05) is 0 Å². The Labute approximate surface area is 113 Å². The zero-order chi connectivity index (χ0) is 14.7. The molecule has 1 aromatic heterocycles. The molecule has 0 atom stereocenters. The fraction of sp³-hybridized carbons (Fsp3) is 0.154. The van der Waals surface area contributed by atoms with Crippen LogP contribution in [-0.4, -0.2) is 18.0 Å². The molecule has 0 amide bonds. The van der Waals surface area contributed by atoms with Gasteiger partial charge in [-0.3, -0.25) is 10.1 Å². The molecule has 0 saturated carbocycles. The van der Waals surface area contributed by atoms with Crippen LogP contribution in [0.2, 0.25) is 0 Å². The number of furan rings is 1. The number of ether oxygens (including phenoxy) is 2. The Morgan fingerprint density at radius 3 is 2.60 bits per heavy atom. The maximum absolute atomic E-state index is 11.8. The largest absolute Gasteiger partial charge is 0.496 e. The number of hydrogen-bond acceptors (Lipinski definition) is 6. The maximum Gasteiger partial charge on any atom is 0.379 e. The maximum atomic E-state index is 11.8. The van der Waals surface area contributed by atoms with E-state index in [9.17, 15) is 14.9 Å². The molecular formula is C13H11NO6. The van der Waals surface area contributed by atoms with Crippen molar-refractivity contribution in [3.05, 3.63) is 52.0 Å². The van der Waals surface area contributed by atoms with E-state index < -0.39 is 10.9 Å². The molecule has 1 aromatic carbocycles. The molecule has 20 heavy (non-hydrogen) atoms. The first-order chi connectivity index (χ1) is 9.51. The molecule has 0 aliphatic rings. The zero-order valence-corrected chi connectivity index (χ0v) is 10.8. The van der Waals surface area contributed by atoms with Gasteiger partial charge in [0.1, 0.15) is 11.5 Å². The number of carbonyl (C=O) groups excluding carboxylic acids is 1. The lowest BCUT2D eigenvalue weighted by atomic mass is 10.3. The first-order valence-corrected chi connectivity index (χ1v) is 5.62. The fourth-order valence-corrected chi connectivity index (χ4v) is 1.55. The van der Waals surface area contributed by atoms with Crippen molar-refractivity contribution >= 4 is 11.7 Å². The van der Waals surface area contributed by atoms with Gasteiger partial charge in [0.2, 0.25) is 11.5 Å². The number of aryl methyl sites for hydroxylation is 1. The van der Waals surface area contributed by atoms with Crippen molar-refractivity contribution in [2.24, 2.45) is 0 Å². The smallest absolute Gasteiger partial charge is 0.379 e. The third kappa shape index (κ3) is 2.77. The third-order valence-corrected chi connectivity index (χ3v) is 2.51. The number of benzene rings is 1. The van der Waals surface area contributed by atoms with Crippen molar-refractivity contribution < 1.29 is 23.6 Å². The van der Waals surface area contributed by atoms with Crippen LogP contribution in [-0.2, 0) is 0 Å². The van der Waals surface area contributed by atoms with Gasteiger partial charge in [-0.05, 0) is 31.2 Å². The van der Waals surface area contributed by atoms with E-state index in [1.807, 2.05) is 0 Å². The molecule has 7 heteroatoms. The van der Waals surface area contributed by atoms with E-state index in [2.05, 4.69) is 0 Å². The molecule has 0 radical (unpaired) electrons. The van der Waals surface area contributed by atoms with Crippen molar-refractivity contribution in [1.82, 2.24) is 0 Å². The quantitative estimate of drug-likeness (QED) is 0.369. The Kier molecular flexibility index (Phi) is 3.69. The Morgan fingerprint density at radius 2 is 2.05 bits per heavy atom. The van der Waals surface area contributed by atoms with Gasteiger partial charge in [0.05, 0.1) is 18.1 Å². The molecule has 2 aromatic rings. The highest BCUT2D eigenvalue weighted by Crippen LogP contribution is 2.31. The summed E-state index contributed by atoms with van der Waals surface area (Å²) in [6.45, 7) is 1.67. The van der Waals surface area contributed by atoms with Crippen LogP contribution in [0.1, 0.15) is 16.3 Å². The van der Waals surface area contributed by atoms with Gasteiger partial charge in [-0.25, -0.2) is 4.79 Å². The summed E-state index contributed by atoms with van der Waals surface area (Å²) < 4.78 is 15.0. The number of nitro groups is 1. The van der Waals surface area contributed by atoms with Crippen molar-refractivity contribution in [2.75, 3.05) is 7.11 Å². The highest BCUT2D eigenvalue weighted by molar-refractivity contribution is 5.88. The topological polar surface area (TPSA) is 91.8 Å². The summed E-state index contributed by atoms with van der Waals surface area (Å²) in [5.41, 5.74) is -0.360. The minimum Gasteiger partial charge on any atom is -0.496 e. The number of hydrogen-bond donors (Lipinski definition) is 0. The van der Waals surface area contributed by atoms with E-state index in [0.29, 0.717) is 11.5 Å².